The minimum Gasteiger partial charge on any atom is -0.309 e. The Bertz CT molecular complexity index is 3170. The molecule has 4 heterocycles. The number of nitrogens with zero attached hydrogens (tertiary/aromatic N) is 6. The van der Waals surface area contributed by atoms with Crippen molar-refractivity contribution >= 4 is 43.5 Å². The zero-order valence-corrected chi connectivity index (χ0v) is 30.7. The molecule has 0 radical (unpaired) electrons. The van der Waals surface area contributed by atoms with Crippen LogP contribution in [0.15, 0.2) is 194 Å². The highest BCUT2D eigenvalue weighted by molar-refractivity contribution is 6.15. The standard InChI is InChI=1S/C51H32N6/c1-3-14-34(15-4-1)49-54-50(35-16-5-2-6-17-35)56-51(55-49)37-19-13-18-36(32-37)47-46-42(30-31-52-47)39-20-7-10-23-43(39)53-48(46)33-26-28-38(29-27-33)57-44-24-11-8-21-40(44)41-22-9-12-25-45(41)57/h1-32H. The molecule has 266 valence electrons. The van der Waals surface area contributed by atoms with Gasteiger partial charge in [0.05, 0.1) is 27.9 Å². The molecule has 4 aromatic heterocycles. The Labute approximate surface area is 328 Å². The van der Waals surface area contributed by atoms with Crippen LogP contribution in [0.25, 0.3) is 106 Å². The van der Waals surface area contributed by atoms with Gasteiger partial charge in [-0.25, -0.2) is 19.9 Å². The van der Waals surface area contributed by atoms with Gasteiger partial charge in [0, 0.05) is 61.2 Å². The molecule has 0 saturated carbocycles. The van der Waals surface area contributed by atoms with Crippen molar-refractivity contribution in [2.24, 2.45) is 0 Å². The van der Waals surface area contributed by atoms with Gasteiger partial charge in [0.25, 0.3) is 0 Å². The van der Waals surface area contributed by atoms with Crippen molar-refractivity contribution in [2.75, 3.05) is 0 Å². The fourth-order valence-corrected chi connectivity index (χ4v) is 8.04. The van der Waals surface area contributed by atoms with E-state index in [4.69, 9.17) is 24.9 Å². The van der Waals surface area contributed by atoms with Crippen molar-refractivity contribution in [3.63, 3.8) is 0 Å². The monoisotopic (exact) mass is 728 g/mol. The minimum absolute atomic E-state index is 0.592. The lowest BCUT2D eigenvalue weighted by Gasteiger charge is -2.15. The summed E-state index contributed by atoms with van der Waals surface area (Å²) in [6, 6.07) is 64.8. The molecule has 0 amide bonds. The maximum atomic E-state index is 5.34. The van der Waals surface area contributed by atoms with E-state index in [-0.39, 0.29) is 0 Å². The van der Waals surface area contributed by atoms with Gasteiger partial charge < -0.3 is 4.57 Å². The van der Waals surface area contributed by atoms with Crippen molar-refractivity contribution in [3.05, 3.63) is 194 Å². The molecule has 0 saturated heterocycles. The van der Waals surface area contributed by atoms with Gasteiger partial charge in [-0.3, -0.25) is 4.98 Å². The summed E-state index contributed by atoms with van der Waals surface area (Å²) in [4.78, 5) is 25.3. The van der Waals surface area contributed by atoms with E-state index >= 15 is 0 Å². The number of hydrogen-bond donors (Lipinski definition) is 0. The fourth-order valence-electron chi connectivity index (χ4n) is 8.04. The number of hydrogen-bond acceptors (Lipinski definition) is 5. The van der Waals surface area contributed by atoms with Crippen LogP contribution in [0.5, 0.6) is 0 Å². The summed E-state index contributed by atoms with van der Waals surface area (Å²) in [5.74, 6) is 1.83. The zero-order chi connectivity index (χ0) is 37.7. The van der Waals surface area contributed by atoms with E-state index in [1.807, 2.05) is 79.0 Å². The van der Waals surface area contributed by atoms with Crippen LogP contribution in [0.2, 0.25) is 0 Å². The molecule has 0 aliphatic heterocycles. The molecule has 0 N–H and O–H groups in total. The lowest BCUT2D eigenvalue weighted by Crippen LogP contribution is -2.00. The first-order chi connectivity index (χ1) is 28.3. The average Bonchev–Trinajstić information content (AvgIpc) is 3.63. The molecular weight excluding hydrogens is 697 g/mol. The fraction of sp³-hybridized carbons (Fsp3) is 0. The Morgan fingerprint density at radius 2 is 0.860 bits per heavy atom. The Balaban J connectivity index is 1.08. The predicted octanol–water partition coefficient (Wildman–Crippen LogP) is 12.4. The van der Waals surface area contributed by atoms with Gasteiger partial charge in [0.2, 0.25) is 0 Å². The van der Waals surface area contributed by atoms with Gasteiger partial charge in [0.1, 0.15) is 0 Å². The molecule has 57 heavy (non-hydrogen) atoms. The molecule has 11 aromatic rings. The Morgan fingerprint density at radius 3 is 1.51 bits per heavy atom. The summed E-state index contributed by atoms with van der Waals surface area (Å²) in [5.41, 5.74) is 10.8. The first kappa shape index (κ1) is 32.6. The molecule has 0 unspecified atom stereocenters. The second kappa shape index (κ2) is 13.5. The van der Waals surface area contributed by atoms with Crippen molar-refractivity contribution in [1.29, 1.82) is 0 Å². The summed E-state index contributed by atoms with van der Waals surface area (Å²) >= 11 is 0. The highest BCUT2D eigenvalue weighted by Gasteiger charge is 2.19. The van der Waals surface area contributed by atoms with E-state index in [2.05, 4.69) is 120 Å². The van der Waals surface area contributed by atoms with Gasteiger partial charge in [-0.2, -0.15) is 0 Å². The van der Waals surface area contributed by atoms with Gasteiger partial charge >= 0.3 is 0 Å². The molecule has 7 aromatic carbocycles. The van der Waals surface area contributed by atoms with E-state index < -0.39 is 0 Å². The molecule has 0 fully saturated rings. The first-order valence-electron chi connectivity index (χ1n) is 19.0. The molecule has 6 heteroatoms. The highest BCUT2D eigenvalue weighted by Crippen LogP contribution is 2.40. The van der Waals surface area contributed by atoms with Crippen molar-refractivity contribution in [1.82, 2.24) is 29.5 Å². The zero-order valence-electron chi connectivity index (χ0n) is 30.7. The van der Waals surface area contributed by atoms with Crippen LogP contribution in [0.4, 0.5) is 0 Å². The Morgan fingerprint density at radius 1 is 0.333 bits per heavy atom. The lowest BCUT2D eigenvalue weighted by atomic mass is 9.95. The Hall–Kier alpha value is -7.83. The number of para-hydroxylation sites is 3. The molecule has 0 atom stereocenters. The molecule has 0 spiro atoms. The molecule has 0 aliphatic carbocycles. The summed E-state index contributed by atoms with van der Waals surface area (Å²) < 4.78 is 2.34. The summed E-state index contributed by atoms with van der Waals surface area (Å²) in [6.45, 7) is 0. The van der Waals surface area contributed by atoms with Gasteiger partial charge in [0.15, 0.2) is 17.5 Å². The largest absolute Gasteiger partial charge is 0.309 e. The van der Waals surface area contributed by atoms with Gasteiger partial charge in [-0.15, -0.1) is 0 Å². The number of rotatable bonds is 6. The summed E-state index contributed by atoms with van der Waals surface area (Å²) in [7, 11) is 0. The second-order valence-electron chi connectivity index (χ2n) is 14.1. The van der Waals surface area contributed by atoms with Crippen LogP contribution >= 0.6 is 0 Å². The number of aromatic nitrogens is 6. The van der Waals surface area contributed by atoms with E-state index in [1.165, 1.54) is 21.8 Å². The Kier molecular flexibility index (Phi) is 7.71. The summed E-state index contributed by atoms with van der Waals surface area (Å²) in [5, 5.41) is 5.64. The smallest absolute Gasteiger partial charge is 0.164 e. The van der Waals surface area contributed by atoms with Crippen LogP contribution in [-0.2, 0) is 0 Å². The van der Waals surface area contributed by atoms with E-state index in [1.54, 1.807) is 0 Å². The van der Waals surface area contributed by atoms with Crippen LogP contribution in [-0.4, -0.2) is 29.5 Å². The highest BCUT2D eigenvalue weighted by atomic mass is 15.0. The molecule has 6 nitrogen and oxygen atoms in total. The van der Waals surface area contributed by atoms with Crippen molar-refractivity contribution in [3.8, 4) is 62.4 Å². The lowest BCUT2D eigenvalue weighted by molar-refractivity contribution is 1.07. The van der Waals surface area contributed by atoms with Gasteiger partial charge in [-0.1, -0.05) is 146 Å². The maximum Gasteiger partial charge on any atom is 0.164 e. The number of pyridine rings is 2. The normalized spacial score (nSPS) is 11.5. The van der Waals surface area contributed by atoms with E-state index in [9.17, 15) is 0 Å². The first-order valence-corrected chi connectivity index (χ1v) is 19.0. The van der Waals surface area contributed by atoms with Crippen LogP contribution in [0.1, 0.15) is 0 Å². The predicted molar refractivity (Wildman–Crippen MR) is 232 cm³/mol. The maximum absolute atomic E-state index is 5.34. The quantitative estimate of drug-likeness (QED) is 0.159. The molecule has 0 bridgehead atoms. The third-order valence-electron chi connectivity index (χ3n) is 10.7. The van der Waals surface area contributed by atoms with Crippen molar-refractivity contribution < 1.29 is 0 Å². The molecular formula is C51H32N6. The topological polar surface area (TPSA) is 69.4 Å². The summed E-state index contributed by atoms with van der Waals surface area (Å²) in [6.07, 6.45) is 1.90. The number of benzene rings is 7. The van der Waals surface area contributed by atoms with Gasteiger partial charge in [-0.05, 0) is 47.9 Å². The number of fused-ring (bicyclic) bond motifs is 6. The van der Waals surface area contributed by atoms with Crippen LogP contribution < -0.4 is 0 Å². The van der Waals surface area contributed by atoms with Crippen molar-refractivity contribution in [2.45, 2.75) is 0 Å². The minimum atomic E-state index is 0.592. The SMILES string of the molecule is c1ccc(-c2nc(-c3ccccc3)nc(-c3cccc(-c4nccc5c4c(-c4ccc(-n6c7ccccc7c7ccccc76)cc4)nc4ccccc45)c3)n2)cc1. The third-order valence-corrected chi connectivity index (χ3v) is 10.7. The van der Waals surface area contributed by atoms with Crippen LogP contribution in [0.3, 0.4) is 0 Å². The van der Waals surface area contributed by atoms with E-state index in [0.717, 1.165) is 66.6 Å². The molecule has 0 aliphatic rings. The average molecular weight is 729 g/mol. The van der Waals surface area contributed by atoms with Crippen LogP contribution in [0, 0.1) is 0 Å². The molecule has 11 rings (SSSR count). The van der Waals surface area contributed by atoms with E-state index in [0.29, 0.717) is 17.5 Å². The third kappa shape index (κ3) is 5.62. The second-order valence-corrected chi connectivity index (χ2v) is 14.1.